The Balaban J connectivity index is 2.11. The molecule has 110 valence electrons. The number of aromatic nitrogens is 2. The smallest absolute Gasteiger partial charge is 0.356 e. The van der Waals surface area contributed by atoms with Crippen molar-refractivity contribution in [2.24, 2.45) is 17.3 Å². The van der Waals surface area contributed by atoms with Crippen molar-refractivity contribution in [1.29, 1.82) is 0 Å². The van der Waals surface area contributed by atoms with Gasteiger partial charge in [-0.3, -0.25) is 4.68 Å². The van der Waals surface area contributed by atoms with E-state index in [0.29, 0.717) is 5.69 Å². The number of hydrogen-bond donors (Lipinski definition) is 2. The summed E-state index contributed by atoms with van der Waals surface area (Å²) in [6.45, 7) is 0. The topological polar surface area (TPSA) is 100 Å². The van der Waals surface area contributed by atoms with Gasteiger partial charge in [0.15, 0.2) is 5.69 Å². The lowest BCUT2D eigenvalue weighted by atomic mass is 10.1. The van der Waals surface area contributed by atoms with Gasteiger partial charge in [0.1, 0.15) is 17.1 Å². The Morgan fingerprint density at radius 3 is 2.73 bits per heavy atom. The summed E-state index contributed by atoms with van der Waals surface area (Å²) in [7, 11) is 1.51. The number of hydrogen-bond acceptors (Lipinski definition) is 5. The van der Waals surface area contributed by atoms with Crippen LogP contribution in [0.1, 0.15) is 10.5 Å². The summed E-state index contributed by atoms with van der Waals surface area (Å²) >= 11 is 0. The number of carboxylic acid groups (broad SMARTS) is 1. The van der Waals surface area contributed by atoms with E-state index in [-0.39, 0.29) is 17.1 Å². The fourth-order valence-electron chi connectivity index (χ4n) is 2.20. The molecule has 0 saturated carbocycles. The largest absolute Gasteiger partial charge is 0.506 e. The van der Waals surface area contributed by atoms with E-state index >= 15 is 0 Å². The van der Waals surface area contributed by atoms with Crippen LogP contribution in [0.4, 0.5) is 11.4 Å². The van der Waals surface area contributed by atoms with Gasteiger partial charge in [-0.05, 0) is 11.5 Å². The molecule has 0 amide bonds. The minimum absolute atomic E-state index is 0.0248. The lowest BCUT2D eigenvalue weighted by molar-refractivity contribution is 0.0686. The summed E-state index contributed by atoms with van der Waals surface area (Å²) in [5.41, 5.74) is 0.351. The number of aromatic hydroxyl groups is 1. The van der Waals surface area contributed by atoms with E-state index in [4.69, 9.17) is 5.11 Å². The zero-order valence-corrected chi connectivity index (χ0v) is 11.6. The molecular formula is C15H12N4O3. The van der Waals surface area contributed by atoms with Crippen molar-refractivity contribution in [3.63, 3.8) is 0 Å². The maximum atomic E-state index is 11.2. The number of benzene rings is 2. The van der Waals surface area contributed by atoms with Gasteiger partial charge in [0.25, 0.3) is 0 Å². The fraction of sp³-hybridized carbons (Fsp3) is 0.0667. The van der Waals surface area contributed by atoms with Crippen molar-refractivity contribution in [3.8, 4) is 5.75 Å². The SMILES string of the molecule is Cn1ncc(N=Nc2c(O)ccc3ccccc23)c1C(=O)O. The number of rotatable bonds is 3. The number of carbonyl (C=O) groups is 1. The van der Waals surface area contributed by atoms with Crippen molar-refractivity contribution < 1.29 is 15.0 Å². The normalized spacial score (nSPS) is 11.3. The van der Waals surface area contributed by atoms with Crippen LogP contribution in [0, 0.1) is 0 Å². The van der Waals surface area contributed by atoms with Crippen molar-refractivity contribution in [1.82, 2.24) is 9.78 Å². The highest BCUT2D eigenvalue weighted by atomic mass is 16.4. The molecule has 7 heteroatoms. The van der Waals surface area contributed by atoms with Crippen molar-refractivity contribution in [2.45, 2.75) is 0 Å². The Labute approximate surface area is 125 Å². The highest BCUT2D eigenvalue weighted by molar-refractivity contribution is 5.95. The number of fused-ring (bicyclic) bond motifs is 1. The first-order valence-electron chi connectivity index (χ1n) is 6.45. The monoisotopic (exact) mass is 296 g/mol. The molecule has 0 aliphatic carbocycles. The van der Waals surface area contributed by atoms with E-state index in [1.165, 1.54) is 24.0 Å². The zero-order valence-electron chi connectivity index (χ0n) is 11.6. The highest BCUT2D eigenvalue weighted by Crippen LogP contribution is 2.36. The Morgan fingerprint density at radius 1 is 1.18 bits per heavy atom. The lowest BCUT2D eigenvalue weighted by Crippen LogP contribution is -2.05. The molecule has 0 unspecified atom stereocenters. The predicted octanol–water partition coefficient (Wildman–Crippen LogP) is 3.39. The minimum atomic E-state index is -1.14. The van der Waals surface area contributed by atoms with Gasteiger partial charge in [-0.1, -0.05) is 30.3 Å². The van der Waals surface area contributed by atoms with Crippen LogP contribution < -0.4 is 0 Å². The van der Waals surface area contributed by atoms with Gasteiger partial charge in [-0.15, -0.1) is 10.2 Å². The third-order valence-electron chi connectivity index (χ3n) is 3.26. The standard InChI is InChI=1S/C15H12N4O3/c1-19-14(15(21)22)11(8-16-19)17-18-13-10-5-3-2-4-9(10)6-7-12(13)20/h2-8,20H,1H3,(H,21,22). The first kappa shape index (κ1) is 13.7. The molecule has 3 aromatic rings. The number of aromatic carboxylic acids is 1. The second-order valence-corrected chi connectivity index (χ2v) is 4.66. The highest BCUT2D eigenvalue weighted by Gasteiger charge is 2.16. The summed E-state index contributed by atoms with van der Waals surface area (Å²) in [6, 6.07) is 10.7. The second kappa shape index (κ2) is 5.28. The van der Waals surface area contributed by atoms with E-state index in [2.05, 4.69) is 15.3 Å². The second-order valence-electron chi connectivity index (χ2n) is 4.66. The Morgan fingerprint density at radius 2 is 1.95 bits per heavy atom. The van der Waals surface area contributed by atoms with Gasteiger partial charge < -0.3 is 10.2 Å². The van der Waals surface area contributed by atoms with E-state index in [9.17, 15) is 9.90 Å². The number of carboxylic acids is 1. The van der Waals surface area contributed by atoms with Crippen LogP contribution in [0.5, 0.6) is 5.75 Å². The minimum Gasteiger partial charge on any atom is -0.506 e. The summed E-state index contributed by atoms with van der Waals surface area (Å²) in [5, 5.41) is 32.6. The molecule has 1 heterocycles. The average molecular weight is 296 g/mol. The molecule has 2 N–H and O–H groups in total. The van der Waals surface area contributed by atoms with E-state index in [1.54, 1.807) is 6.07 Å². The quantitative estimate of drug-likeness (QED) is 0.723. The third kappa shape index (κ3) is 2.28. The lowest BCUT2D eigenvalue weighted by Gasteiger charge is -2.03. The van der Waals surface area contributed by atoms with Crippen LogP contribution >= 0.6 is 0 Å². The molecule has 0 bridgehead atoms. The molecule has 7 nitrogen and oxygen atoms in total. The Hall–Kier alpha value is -3.22. The maximum Gasteiger partial charge on any atom is 0.356 e. The molecule has 0 aliphatic heterocycles. The Kier molecular flexibility index (Phi) is 3.30. The van der Waals surface area contributed by atoms with Crippen molar-refractivity contribution in [3.05, 3.63) is 48.3 Å². The molecule has 0 aliphatic rings. The predicted molar refractivity (Wildman–Crippen MR) is 80.0 cm³/mol. The van der Waals surface area contributed by atoms with Crippen molar-refractivity contribution in [2.75, 3.05) is 0 Å². The molecule has 0 saturated heterocycles. The van der Waals surface area contributed by atoms with Crippen LogP contribution in [0.15, 0.2) is 52.8 Å². The summed E-state index contributed by atoms with van der Waals surface area (Å²) in [4.78, 5) is 11.2. The van der Waals surface area contributed by atoms with Crippen LogP contribution in [0.2, 0.25) is 0 Å². The Bertz CT molecular complexity index is 899. The van der Waals surface area contributed by atoms with Crippen molar-refractivity contribution >= 4 is 28.1 Å². The number of aryl methyl sites for hydroxylation is 1. The molecule has 0 atom stereocenters. The van der Waals surface area contributed by atoms with Crippen LogP contribution in [-0.2, 0) is 7.05 Å². The van der Waals surface area contributed by atoms with Gasteiger partial charge in [0.05, 0.1) is 6.20 Å². The van der Waals surface area contributed by atoms with Gasteiger partial charge in [-0.2, -0.15) is 5.10 Å². The fourth-order valence-corrected chi connectivity index (χ4v) is 2.20. The molecule has 2 aromatic carbocycles. The summed E-state index contributed by atoms with van der Waals surface area (Å²) in [6.07, 6.45) is 1.31. The third-order valence-corrected chi connectivity index (χ3v) is 3.26. The molecule has 0 fully saturated rings. The van der Waals surface area contributed by atoms with Gasteiger partial charge >= 0.3 is 5.97 Å². The molecule has 1 aromatic heterocycles. The van der Waals surface area contributed by atoms with Gasteiger partial charge in [0.2, 0.25) is 0 Å². The van der Waals surface area contributed by atoms with Crippen LogP contribution in [0.25, 0.3) is 10.8 Å². The van der Waals surface area contributed by atoms with E-state index in [0.717, 1.165) is 10.8 Å². The summed E-state index contributed by atoms with van der Waals surface area (Å²) in [5.74, 6) is -1.17. The number of nitrogens with zero attached hydrogens (tertiary/aromatic N) is 4. The number of phenols is 1. The van der Waals surface area contributed by atoms with E-state index in [1.807, 2.05) is 24.3 Å². The van der Waals surface area contributed by atoms with Crippen LogP contribution in [-0.4, -0.2) is 26.0 Å². The first-order valence-corrected chi connectivity index (χ1v) is 6.45. The number of azo groups is 1. The number of phenolic OH excluding ortho intramolecular Hbond substituents is 1. The maximum absolute atomic E-state index is 11.2. The summed E-state index contributed by atoms with van der Waals surface area (Å²) < 4.78 is 1.21. The zero-order chi connectivity index (χ0) is 15.7. The first-order chi connectivity index (χ1) is 10.6. The van der Waals surface area contributed by atoms with E-state index < -0.39 is 5.97 Å². The average Bonchev–Trinajstić information content (AvgIpc) is 2.87. The molecular weight excluding hydrogens is 284 g/mol. The molecule has 0 spiro atoms. The van der Waals surface area contributed by atoms with Gasteiger partial charge in [0, 0.05) is 12.4 Å². The molecule has 22 heavy (non-hydrogen) atoms. The molecule has 3 rings (SSSR count). The van der Waals surface area contributed by atoms with Gasteiger partial charge in [-0.25, -0.2) is 4.79 Å². The van der Waals surface area contributed by atoms with Crippen LogP contribution in [0.3, 0.4) is 0 Å². The molecule has 0 radical (unpaired) electrons.